The lowest BCUT2D eigenvalue weighted by Crippen LogP contribution is -2.29. The maximum atomic E-state index is 12.7. The number of carbonyl (C=O) groups excluding carboxylic acids is 3. The van der Waals surface area contributed by atoms with E-state index in [-0.39, 0.29) is 23.6 Å². The van der Waals surface area contributed by atoms with Gasteiger partial charge in [-0.25, -0.2) is 4.90 Å². The van der Waals surface area contributed by atoms with Crippen LogP contribution in [0.3, 0.4) is 0 Å². The van der Waals surface area contributed by atoms with Crippen LogP contribution in [-0.4, -0.2) is 32.4 Å². The molecule has 1 N–H and O–H groups in total. The molecule has 0 spiro atoms. The van der Waals surface area contributed by atoms with Gasteiger partial charge in [-0.2, -0.15) is 5.10 Å². The average Bonchev–Trinajstić information content (AvgIpc) is 3.14. The van der Waals surface area contributed by atoms with E-state index in [1.165, 1.54) is 24.6 Å². The third-order valence-electron chi connectivity index (χ3n) is 5.00. The first kappa shape index (κ1) is 20.0. The number of nitro groups is 1. The molecule has 0 fully saturated rings. The van der Waals surface area contributed by atoms with Crippen molar-refractivity contribution in [2.45, 2.75) is 20.4 Å². The van der Waals surface area contributed by atoms with Crippen LogP contribution in [0.15, 0.2) is 48.5 Å². The number of aryl methyl sites for hydroxylation is 1. The molecular formula is C21H17N5O5. The van der Waals surface area contributed by atoms with Gasteiger partial charge in [0.15, 0.2) is 0 Å². The lowest BCUT2D eigenvalue weighted by atomic mass is 10.1. The van der Waals surface area contributed by atoms with Gasteiger partial charge in [0.1, 0.15) is 17.9 Å². The molecule has 3 amide bonds. The number of nitrogens with zero attached hydrogens (tertiary/aromatic N) is 4. The predicted octanol–water partition coefficient (Wildman–Crippen LogP) is 2.85. The van der Waals surface area contributed by atoms with Crippen LogP contribution in [0.5, 0.6) is 0 Å². The Morgan fingerprint density at radius 2 is 1.71 bits per heavy atom. The van der Waals surface area contributed by atoms with E-state index in [2.05, 4.69) is 10.4 Å². The Kier molecular flexibility index (Phi) is 4.82. The topological polar surface area (TPSA) is 127 Å². The Morgan fingerprint density at radius 1 is 1.06 bits per heavy atom. The highest BCUT2D eigenvalue weighted by molar-refractivity contribution is 6.34. The Bertz CT molecular complexity index is 1230. The van der Waals surface area contributed by atoms with Crippen molar-refractivity contribution in [3.05, 3.63) is 81.2 Å². The van der Waals surface area contributed by atoms with Crippen LogP contribution in [0.25, 0.3) is 0 Å². The van der Waals surface area contributed by atoms with E-state index < -0.39 is 22.6 Å². The van der Waals surface area contributed by atoms with Crippen LogP contribution in [-0.2, 0) is 11.3 Å². The third-order valence-corrected chi connectivity index (χ3v) is 5.00. The Balaban J connectivity index is 1.53. The molecule has 4 rings (SSSR count). The van der Waals surface area contributed by atoms with Gasteiger partial charge in [-0.05, 0) is 44.2 Å². The number of nitrogens with one attached hydrogen (secondary N) is 1. The number of anilines is 2. The van der Waals surface area contributed by atoms with Crippen molar-refractivity contribution in [1.29, 1.82) is 0 Å². The molecule has 0 atom stereocenters. The van der Waals surface area contributed by atoms with Crippen LogP contribution in [0.1, 0.15) is 32.1 Å². The van der Waals surface area contributed by atoms with Gasteiger partial charge in [0.05, 0.1) is 21.7 Å². The van der Waals surface area contributed by atoms with Crippen LogP contribution in [0.4, 0.5) is 17.1 Å². The summed E-state index contributed by atoms with van der Waals surface area (Å²) in [6.45, 7) is 2.80. The van der Waals surface area contributed by atoms with Crippen molar-refractivity contribution < 1.29 is 19.3 Å². The van der Waals surface area contributed by atoms with Gasteiger partial charge in [-0.1, -0.05) is 18.2 Å². The van der Waals surface area contributed by atoms with Crippen LogP contribution in [0, 0.1) is 24.0 Å². The minimum Gasteiger partial charge on any atom is -0.324 e. The summed E-state index contributed by atoms with van der Waals surface area (Å²) in [6.07, 6.45) is 0. The number of hydrogen-bond acceptors (Lipinski definition) is 6. The van der Waals surface area contributed by atoms with Gasteiger partial charge in [0, 0.05) is 5.69 Å². The van der Waals surface area contributed by atoms with Gasteiger partial charge in [0.25, 0.3) is 11.8 Å². The maximum Gasteiger partial charge on any atom is 0.312 e. The molecule has 10 nitrogen and oxygen atoms in total. The standard InChI is InChI=1S/C21H17N5O5/c1-12-19(26(30)31)13(2)24(23-12)11-18(27)22-14-6-5-7-15(10-14)25-20(28)16-8-3-4-9-17(16)21(25)29/h3-10H,11H2,1-2H3,(H,22,27). The summed E-state index contributed by atoms with van der Waals surface area (Å²) in [6, 6.07) is 12.9. The normalized spacial score (nSPS) is 12.8. The molecule has 0 saturated carbocycles. The highest BCUT2D eigenvalue weighted by atomic mass is 16.6. The summed E-state index contributed by atoms with van der Waals surface area (Å²) in [4.78, 5) is 49.4. The first-order valence-corrected chi connectivity index (χ1v) is 9.34. The van der Waals surface area contributed by atoms with Crippen molar-refractivity contribution >= 4 is 34.8 Å². The van der Waals surface area contributed by atoms with Gasteiger partial charge in [-0.15, -0.1) is 0 Å². The number of benzene rings is 2. The van der Waals surface area contributed by atoms with Crippen LogP contribution >= 0.6 is 0 Å². The lowest BCUT2D eigenvalue weighted by Gasteiger charge is -2.15. The van der Waals surface area contributed by atoms with Crippen molar-refractivity contribution in [3.8, 4) is 0 Å². The molecule has 31 heavy (non-hydrogen) atoms. The van der Waals surface area contributed by atoms with Gasteiger partial charge >= 0.3 is 5.69 Å². The SMILES string of the molecule is Cc1nn(CC(=O)Nc2cccc(N3C(=O)c4ccccc4C3=O)c2)c(C)c1[N+](=O)[O-]. The lowest BCUT2D eigenvalue weighted by molar-refractivity contribution is -0.386. The van der Waals surface area contributed by atoms with Crippen LogP contribution < -0.4 is 10.2 Å². The zero-order chi connectivity index (χ0) is 22.3. The molecule has 0 radical (unpaired) electrons. The summed E-state index contributed by atoms with van der Waals surface area (Å²) < 4.78 is 1.26. The number of fused-ring (bicyclic) bond motifs is 1. The average molecular weight is 419 g/mol. The van der Waals surface area contributed by atoms with Crippen molar-refractivity contribution in [3.63, 3.8) is 0 Å². The van der Waals surface area contributed by atoms with Crippen LogP contribution in [0.2, 0.25) is 0 Å². The highest BCUT2D eigenvalue weighted by Gasteiger charge is 2.36. The first-order chi connectivity index (χ1) is 14.8. The molecule has 0 saturated heterocycles. The third kappa shape index (κ3) is 3.44. The second kappa shape index (κ2) is 7.48. The summed E-state index contributed by atoms with van der Waals surface area (Å²) in [5.74, 6) is -1.32. The van der Waals surface area contributed by atoms with Crippen molar-refractivity contribution in [2.24, 2.45) is 0 Å². The second-order valence-electron chi connectivity index (χ2n) is 7.02. The van der Waals surface area contributed by atoms with E-state index in [0.717, 1.165) is 4.90 Å². The molecule has 0 unspecified atom stereocenters. The minimum atomic E-state index is -0.530. The maximum absolute atomic E-state index is 12.7. The van der Waals surface area contributed by atoms with E-state index in [4.69, 9.17) is 0 Å². The van der Waals surface area contributed by atoms with Gasteiger partial charge < -0.3 is 5.32 Å². The Hall–Kier alpha value is -4.34. The quantitative estimate of drug-likeness (QED) is 0.385. The Labute approximate surface area is 176 Å². The van der Waals surface area contributed by atoms with Crippen molar-refractivity contribution in [2.75, 3.05) is 10.2 Å². The molecule has 3 aromatic rings. The fourth-order valence-corrected chi connectivity index (χ4v) is 3.59. The fraction of sp³-hybridized carbons (Fsp3) is 0.143. The fourth-order valence-electron chi connectivity index (χ4n) is 3.59. The van der Waals surface area contributed by atoms with E-state index >= 15 is 0 Å². The first-order valence-electron chi connectivity index (χ1n) is 9.34. The zero-order valence-electron chi connectivity index (χ0n) is 16.7. The van der Waals surface area contributed by atoms with Gasteiger partial charge in [0.2, 0.25) is 5.91 Å². The minimum absolute atomic E-state index is 0.125. The van der Waals surface area contributed by atoms with E-state index in [9.17, 15) is 24.5 Å². The summed E-state index contributed by atoms with van der Waals surface area (Å²) >= 11 is 0. The monoisotopic (exact) mass is 419 g/mol. The molecular weight excluding hydrogens is 402 g/mol. The Morgan fingerprint density at radius 3 is 2.29 bits per heavy atom. The molecule has 0 bridgehead atoms. The molecule has 1 aromatic heterocycles. The molecule has 2 aromatic carbocycles. The highest BCUT2D eigenvalue weighted by Crippen LogP contribution is 2.29. The number of hydrogen-bond donors (Lipinski definition) is 1. The number of amides is 3. The number of imide groups is 1. The summed E-state index contributed by atoms with van der Waals surface area (Å²) in [5.41, 5.74) is 1.72. The van der Waals surface area contributed by atoms with Crippen molar-refractivity contribution in [1.82, 2.24) is 9.78 Å². The van der Waals surface area contributed by atoms with E-state index in [1.54, 1.807) is 42.5 Å². The summed E-state index contributed by atoms with van der Waals surface area (Å²) in [5, 5.41) is 17.8. The van der Waals surface area contributed by atoms with Gasteiger partial charge in [-0.3, -0.25) is 29.2 Å². The second-order valence-corrected chi connectivity index (χ2v) is 7.02. The largest absolute Gasteiger partial charge is 0.324 e. The number of rotatable bonds is 5. The molecule has 1 aliphatic rings. The summed E-state index contributed by atoms with van der Waals surface area (Å²) in [7, 11) is 0. The molecule has 1 aliphatic heterocycles. The number of aromatic nitrogens is 2. The smallest absolute Gasteiger partial charge is 0.312 e. The number of carbonyl (C=O) groups is 3. The molecule has 10 heteroatoms. The molecule has 2 heterocycles. The molecule has 156 valence electrons. The predicted molar refractivity (Wildman–Crippen MR) is 111 cm³/mol. The van der Waals surface area contributed by atoms with E-state index in [1.807, 2.05) is 0 Å². The molecule has 0 aliphatic carbocycles. The van der Waals surface area contributed by atoms with E-state index in [0.29, 0.717) is 22.5 Å². The zero-order valence-corrected chi connectivity index (χ0v) is 16.7.